The predicted molar refractivity (Wildman–Crippen MR) is 106 cm³/mol. The first-order valence-corrected chi connectivity index (χ1v) is 10.9. The number of halogens is 1. The molecule has 0 spiro atoms. The maximum absolute atomic E-state index is 12.6. The van der Waals surface area contributed by atoms with Gasteiger partial charge in [0.25, 0.3) is 0 Å². The van der Waals surface area contributed by atoms with Crippen molar-refractivity contribution in [2.24, 2.45) is 0 Å². The molecule has 2 aromatic rings. The van der Waals surface area contributed by atoms with E-state index in [2.05, 4.69) is 9.88 Å². The molecule has 0 atom stereocenters. The Balaban J connectivity index is 1.61. The van der Waals surface area contributed by atoms with Crippen LogP contribution in [0.25, 0.3) is 0 Å². The number of esters is 1. The monoisotopic (exact) mass is 423 g/mol. The maximum atomic E-state index is 12.6. The lowest BCUT2D eigenvalue weighted by Gasteiger charge is -2.34. The van der Waals surface area contributed by atoms with Crippen LogP contribution in [0.1, 0.15) is 18.1 Å². The highest BCUT2D eigenvalue weighted by Crippen LogP contribution is 2.25. The number of hydrogen-bond donors (Lipinski definition) is 0. The molecule has 7 nitrogen and oxygen atoms in total. The first-order chi connectivity index (χ1) is 13.3. The molecule has 9 heteroatoms. The van der Waals surface area contributed by atoms with Crippen LogP contribution >= 0.6 is 11.6 Å². The summed E-state index contributed by atoms with van der Waals surface area (Å²) in [6.07, 6.45) is 3.19. The molecular weight excluding hydrogens is 402 g/mol. The largest absolute Gasteiger partial charge is 0.426 e. The molecule has 0 unspecified atom stereocenters. The first kappa shape index (κ1) is 20.7. The average molecular weight is 424 g/mol. The van der Waals surface area contributed by atoms with Crippen molar-refractivity contribution in [3.05, 3.63) is 58.9 Å². The summed E-state index contributed by atoms with van der Waals surface area (Å²) in [6.45, 7) is 3.86. The van der Waals surface area contributed by atoms with Crippen LogP contribution in [-0.4, -0.2) is 54.8 Å². The fraction of sp³-hybridized carbons (Fsp3) is 0.368. The number of benzene rings is 1. The van der Waals surface area contributed by atoms with Crippen LogP contribution in [0.2, 0.25) is 5.02 Å². The fourth-order valence-corrected chi connectivity index (χ4v) is 4.81. The van der Waals surface area contributed by atoms with Gasteiger partial charge in [0.05, 0.1) is 5.75 Å². The number of carbonyl (C=O) groups excluding carboxylic acids is 1. The molecule has 1 fully saturated rings. The Morgan fingerprint density at radius 1 is 1.21 bits per heavy atom. The summed E-state index contributed by atoms with van der Waals surface area (Å²) >= 11 is 6.08. The summed E-state index contributed by atoms with van der Waals surface area (Å²) in [4.78, 5) is 17.4. The third kappa shape index (κ3) is 5.51. The lowest BCUT2D eigenvalue weighted by molar-refractivity contribution is -0.131. The van der Waals surface area contributed by atoms with Gasteiger partial charge in [0, 0.05) is 62.6 Å². The summed E-state index contributed by atoms with van der Waals surface area (Å²) in [5.74, 6) is 0.0320. The molecule has 0 aliphatic carbocycles. The van der Waals surface area contributed by atoms with E-state index in [1.807, 2.05) is 0 Å². The van der Waals surface area contributed by atoms with E-state index < -0.39 is 16.0 Å². The third-order valence-corrected chi connectivity index (χ3v) is 6.55. The van der Waals surface area contributed by atoms with E-state index >= 15 is 0 Å². The number of ether oxygens (including phenoxy) is 1. The molecule has 0 N–H and O–H groups in total. The van der Waals surface area contributed by atoms with Gasteiger partial charge in [-0.15, -0.1) is 0 Å². The molecule has 150 valence electrons. The number of rotatable bonds is 6. The van der Waals surface area contributed by atoms with Crippen molar-refractivity contribution >= 4 is 27.6 Å². The van der Waals surface area contributed by atoms with Crippen LogP contribution in [0.3, 0.4) is 0 Å². The highest BCUT2D eigenvalue weighted by atomic mass is 35.5. The third-order valence-electron chi connectivity index (χ3n) is 4.47. The van der Waals surface area contributed by atoms with E-state index in [0.29, 0.717) is 49.1 Å². The van der Waals surface area contributed by atoms with E-state index in [1.165, 1.54) is 11.2 Å². The zero-order valence-electron chi connectivity index (χ0n) is 15.5. The second-order valence-corrected chi connectivity index (χ2v) is 9.04. The molecule has 1 aliphatic rings. The number of sulfonamides is 1. The minimum Gasteiger partial charge on any atom is -0.426 e. The van der Waals surface area contributed by atoms with Crippen molar-refractivity contribution in [2.75, 3.05) is 26.2 Å². The van der Waals surface area contributed by atoms with Gasteiger partial charge >= 0.3 is 5.97 Å². The van der Waals surface area contributed by atoms with Crippen LogP contribution in [0.5, 0.6) is 5.75 Å². The van der Waals surface area contributed by atoms with Gasteiger partial charge in [-0.1, -0.05) is 17.7 Å². The van der Waals surface area contributed by atoms with Gasteiger partial charge in [-0.05, 0) is 29.8 Å². The minimum atomic E-state index is -3.39. The Morgan fingerprint density at radius 3 is 2.61 bits per heavy atom. The standard InChI is InChI=1S/C19H22ClN3O4S/c1-15(24)27-19-5-4-18(20)11-17(19)13-22-7-9-23(10-8-22)28(25,26)14-16-3-2-6-21-12-16/h2-6,11-12H,7-10,13-14H2,1H3. The molecule has 1 aliphatic heterocycles. The highest BCUT2D eigenvalue weighted by molar-refractivity contribution is 7.88. The quantitative estimate of drug-likeness (QED) is 0.524. The second kappa shape index (κ2) is 9.00. The number of pyridine rings is 1. The summed E-state index contributed by atoms with van der Waals surface area (Å²) in [7, 11) is -3.39. The molecule has 3 rings (SSSR count). The van der Waals surface area contributed by atoms with Crippen LogP contribution < -0.4 is 4.74 Å². The van der Waals surface area contributed by atoms with E-state index in [4.69, 9.17) is 16.3 Å². The van der Waals surface area contributed by atoms with E-state index in [0.717, 1.165) is 5.56 Å². The number of aromatic nitrogens is 1. The predicted octanol–water partition coefficient (Wildman–Crippen LogP) is 2.31. The maximum Gasteiger partial charge on any atom is 0.308 e. The molecular formula is C19H22ClN3O4S. The molecule has 0 radical (unpaired) electrons. The normalized spacial score (nSPS) is 16.1. The summed E-state index contributed by atoms with van der Waals surface area (Å²) in [6, 6.07) is 8.61. The van der Waals surface area contributed by atoms with Crippen molar-refractivity contribution in [3.63, 3.8) is 0 Å². The van der Waals surface area contributed by atoms with E-state index in [9.17, 15) is 13.2 Å². The molecule has 1 aromatic carbocycles. The van der Waals surface area contributed by atoms with E-state index in [1.54, 1.807) is 42.7 Å². The molecule has 0 amide bonds. The Labute approximate surface area is 169 Å². The topological polar surface area (TPSA) is 79.8 Å². The van der Waals surface area contributed by atoms with E-state index in [-0.39, 0.29) is 5.75 Å². The van der Waals surface area contributed by atoms with Gasteiger partial charge in [-0.2, -0.15) is 4.31 Å². The van der Waals surface area contributed by atoms with Gasteiger partial charge in [-0.25, -0.2) is 8.42 Å². The number of carbonyl (C=O) groups is 1. The molecule has 0 saturated carbocycles. The van der Waals surface area contributed by atoms with Gasteiger partial charge < -0.3 is 4.74 Å². The SMILES string of the molecule is CC(=O)Oc1ccc(Cl)cc1CN1CCN(S(=O)(=O)Cc2cccnc2)CC1. The van der Waals surface area contributed by atoms with Gasteiger partial charge in [0.2, 0.25) is 10.0 Å². The Hall–Kier alpha value is -2.00. The summed E-state index contributed by atoms with van der Waals surface area (Å²) < 4.78 is 32.1. The van der Waals surface area contributed by atoms with Gasteiger partial charge in [0.1, 0.15) is 5.75 Å². The summed E-state index contributed by atoms with van der Waals surface area (Å²) in [5.41, 5.74) is 1.48. The van der Waals surface area contributed by atoms with Gasteiger partial charge in [0.15, 0.2) is 0 Å². The smallest absolute Gasteiger partial charge is 0.308 e. The van der Waals surface area contributed by atoms with Crippen molar-refractivity contribution < 1.29 is 17.9 Å². The number of hydrogen-bond acceptors (Lipinski definition) is 6. The molecule has 28 heavy (non-hydrogen) atoms. The Bertz CT molecular complexity index is 929. The lowest BCUT2D eigenvalue weighted by Crippen LogP contribution is -2.48. The second-order valence-electron chi connectivity index (χ2n) is 6.64. The van der Waals surface area contributed by atoms with Crippen LogP contribution in [0.4, 0.5) is 0 Å². The highest BCUT2D eigenvalue weighted by Gasteiger charge is 2.27. The zero-order valence-corrected chi connectivity index (χ0v) is 17.1. The van der Waals surface area contributed by atoms with Gasteiger partial charge in [-0.3, -0.25) is 14.7 Å². The Kier molecular flexibility index (Phi) is 6.66. The molecule has 0 bridgehead atoms. The molecule has 2 heterocycles. The molecule has 1 saturated heterocycles. The number of piperazine rings is 1. The lowest BCUT2D eigenvalue weighted by atomic mass is 10.1. The van der Waals surface area contributed by atoms with Crippen LogP contribution in [0, 0.1) is 0 Å². The van der Waals surface area contributed by atoms with Crippen LogP contribution in [-0.2, 0) is 27.1 Å². The van der Waals surface area contributed by atoms with Crippen molar-refractivity contribution in [3.8, 4) is 5.75 Å². The minimum absolute atomic E-state index is 0.0499. The van der Waals surface area contributed by atoms with Crippen molar-refractivity contribution in [1.29, 1.82) is 0 Å². The fourth-order valence-electron chi connectivity index (χ4n) is 3.12. The number of nitrogens with zero attached hydrogens (tertiary/aromatic N) is 3. The zero-order chi connectivity index (χ0) is 20.1. The molecule has 1 aromatic heterocycles. The Morgan fingerprint density at radius 2 is 1.96 bits per heavy atom. The van der Waals surface area contributed by atoms with Crippen LogP contribution in [0.15, 0.2) is 42.7 Å². The van der Waals surface area contributed by atoms with Crippen molar-refractivity contribution in [2.45, 2.75) is 19.2 Å². The average Bonchev–Trinajstić information content (AvgIpc) is 2.65. The van der Waals surface area contributed by atoms with Crippen molar-refractivity contribution in [1.82, 2.24) is 14.2 Å². The first-order valence-electron chi connectivity index (χ1n) is 8.89. The summed E-state index contributed by atoms with van der Waals surface area (Å²) in [5, 5.41) is 0.559.